The van der Waals surface area contributed by atoms with Gasteiger partial charge < -0.3 is 10.8 Å². The summed E-state index contributed by atoms with van der Waals surface area (Å²) in [7, 11) is 0. The molecule has 1 atom stereocenters. The van der Waals surface area contributed by atoms with Gasteiger partial charge in [-0.25, -0.2) is 23.4 Å². The van der Waals surface area contributed by atoms with Crippen molar-refractivity contribution >= 4 is 23.2 Å². The maximum atomic E-state index is 15.0. The van der Waals surface area contributed by atoms with Crippen molar-refractivity contribution in [2.45, 2.75) is 37.6 Å². The van der Waals surface area contributed by atoms with Crippen molar-refractivity contribution in [3.05, 3.63) is 69.5 Å². The molecule has 2 aromatic heterocycles. The molecule has 3 aromatic rings. The van der Waals surface area contributed by atoms with Gasteiger partial charge in [0.1, 0.15) is 17.2 Å². The van der Waals surface area contributed by atoms with E-state index in [-0.39, 0.29) is 24.4 Å². The molecule has 36 heavy (non-hydrogen) atoms. The van der Waals surface area contributed by atoms with Gasteiger partial charge in [-0.3, -0.25) is 9.79 Å². The maximum Gasteiger partial charge on any atom is 0.434 e. The average Bonchev–Trinajstić information content (AvgIpc) is 3.18. The smallest absolute Gasteiger partial charge is 0.393 e. The Kier molecular flexibility index (Phi) is 5.41. The molecular weight excluding hydrogens is 511 g/mol. The minimum Gasteiger partial charge on any atom is -0.393 e. The zero-order valence-electron chi connectivity index (χ0n) is 18.3. The Morgan fingerprint density at radius 1 is 1.22 bits per heavy atom. The molecule has 3 N–H and O–H groups in total. The first-order chi connectivity index (χ1) is 16.8. The second kappa shape index (κ2) is 8.03. The lowest BCUT2D eigenvalue weighted by Gasteiger charge is -2.42. The maximum absolute atomic E-state index is 15.0. The van der Waals surface area contributed by atoms with E-state index >= 15 is 8.78 Å². The fourth-order valence-corrected chi connectivity index (χ4v) is 4.88. The van der Waals surface area contributed by atoms with Crippen LogP contribution in [0.4, 0.5) is 22.0 Å². The number of nitrogens with two attached hydrogens (primary N) is 1. The monoisotopic (exact) mass is 526 g/mol. The van der Waals surface area contributed by atoms with E-state index in [1.165, 1.54) is 6.92 Å². The van der Waals surface area contributed by atoms with Gasteiger partial charge in [0.25, 0.3) is 5.91 Å². The van der Waals surface area contributed by atoms with Crippen molar-refractivity contribution < 1.29 is 31.9 Å². The lowest BCUT2D eigenvalue weighted by Crippen LogP contribution is -2.44. The van der Waals surface area contributed by atoms with Crippen molar-refractivity contribution in [2.24, 2.45) is 16.6 Å². The number of aliphatic imine (C=N–C) groups is 1. The number of fused-ring (bicyclic) bond motifs is 3. The molecule has 1 aliphatic carbocycles. The van der Waals surface area contributed by atoms with Crippen LogP contribution in [0.15, 0.2) is 29.4 Å². The van der Waals surface area contributed by atoms with Crippen LogP contribution >= 0.6 is 11.6 Å². The third-order valence-electron chi connectivity index (χ3n) is 6.46. The number of pyridine rings is 1. The highest BCUT2D eigenvalue weighted by Crippen LogP contribution is 2.48. The van der Waals surface area contributed by atoms with Crippen molar-refractivity contribution in [3.8, 4) is 5.69 Å². The molecule has 1 saturated carbocycles. The van der Waals surface area contributed by atoms with Crippen molar-refractivity contribution in [1.29, 1.82) is 0 Å². The largest absolute Gasteiger partial charge is 0.434 e. The van der Waals surface area contributed by atoms with Crippen LogP contribution in [0.1, 0.15) is 53.0 Å². The quantitative estimate of drug-likeness (QED) is 0.506. The van der Waals surface area contributed by atoms with Gasteiger partial charge in [0.2, 0.25) is 5.82 Å². The fourth-order valence-electron chi connectivity index (χ4n) is 4.54. The van der Waals surface area contributed by atoms with E-state index in [9.17, 15) is 23.1 Å². The number of alkyl halides is 3. The summed E-state index contributed by atoms with van der Waals surface area (Å²) in [6, 6.07) is 2.95. The molecule has 1 amide bonds. The first-order valence-corrected chi connectivity index (χ1v) is 11.0. The Morgan fingerprint density at radius 3 is 2.42 bits per heavy atom. The Labute approximate surface area is 204 Å². The lowest BCUT2D eigenvalue weighted by molar-refractivity contribution is -0.141. The van der Waals surface area contributed by atoms with Crippen LogP contribution in [0.5, 0.6) is 0 Å². The summed E-state index contributed by atoms with van der Waals surface area (Å²) in [4.78, 5) is 24.0. The first kappa shape index (κ1) is 24.3. The summed E-state index contributed by atoms with van der Waals surface area (Å²) in [6.45, 7) is 1.52. The summed E-state index contributed by atoms with van der Waals surface area (Å²) < 4.78 is 72.3. The standard InChI is InChI=1S/C22H16ClF5N6O2/c1-21(8-5-9(35)6-8)20-31-19(18(29)36)33-34(20)12-7-30-17(22(26,27)28)15(23)14(12)16(32-21)13-10(24)3-2-4-11(13)25/h2-4,7-9,35H,5-6H2,1H3,(H2,29,36)/t8?,9?,21-/m0/s1. The van der Waals surface area contributed by atoms with Crippen molar-refractivity contribution in [2.75, 3.05) is 0 Å². The number of halogens is 6. The van der Waals surface area contributed by atoms with E-state index in [1.807, 2.05) is 0 Å². The summed E-state index contributed by atoms with van der Waals surface area (Å²) in [6.07, 6.45) is -4.55. The number of aromatic nitrogens is 4. The van der Waals surface area contributed by atoms with E-state index in [2.05, 4.69) is 20.1 Å². The van der Waals surface area contributed by atoms with Crippen LogP contribution in [0.25, 0.3) is 5.69 Å². The predicted octanol–water partition coefficient (Wildman–Crippen LogP) is 3.55. The van der Waals surface area contributed by atoms with Gasteiger partial charge in [0, 0.05) is 5.56 Å². The molecule has 0 saturated heterocycles. The van der Waals surface area contributed by atoms with Crippen LogP contribution < -0.4 is 5.73 Å². The zero-order valence-corrected chi connectivity index (χ0v) is 19.1. The Hall–Kier alpha value is -3.45. The summed E-state index contributed by atoms with van der Waals surface area (Å²) in [5, 5.41) is 13.0. The molecule has 1 aliphatic heterocycles. The summed E-state index contributed by atoms with van der Waals surface area (Å²) >= 11 is 6.21. The van der Waals surface area contributed by atoms with Gasteiger partial charge in [0.05, 0.1) is 34.3 Å². The van der Waals surface area contributed by atoms with Gasteiger partial charge in [0.15, 0.2) is 11.5 Å². The number of carbonyl (C=O) groups is 1. The van der Waals surface area contributed by atoms with Crippen LogP contribution in [0.3, 0.4) is 0 Å². The van der Waals surface area contributed by atoms with E-state index < -0.39 is 74.7 Å². The highest BCUT2D eigenvalue weighted by molar-refractivity contribution is 6.37. The third-order valence-corrected chi connectivity index (χ3v) is 6.83. The minimum absolute atomic E-state index is 0.0428. The van der Waals surface area contributed by atoms with E-state index in [4.69, 9.17) is 17.3 Å². The molecule has 0 bridgehead atoms. The average molecular weight is 527 g/mol. The number of rotatable bonds is 3. The third kappa shape index (κ3) is 3.56. The SMILES string of the molecule is C[C@@]1(C2CC(O)C2)N=C(c2c(F)cccc2F)c2c(cnc(C(F)(F)F)c2Cl)-n2nc(C(N)=O)nc21. The predicted molar refractivity (Wildman–Crippen MR) is 116 cm³/mol. The molecular formula is C22H16ClF5N6O2. The molecule has 14 heteroatoms. The number of nitrogens with zero attached hydrogens (tertiary/aromatic N) is 5. The molecule has 2 aliphatic rings. The Morgan fingerprint density at radius 2 is 1.86 bits per heavy atom. The molecule has 0 unspecified atom stereocenters. The van der Waals surface area contributed by atoms with Gasteiger partial charge in [-0.1, -0.05) is 17.7 Å². The number of hydrogen-bond donors (Lipinski definition) is 2. The summed E-state index contributed by atoms with van der Waals surface area (Å²) in [5.74, 6) is -4.20. The van der Waals surface area contributed by atoms with Crippen LogP contribution in [0.2, 0.25) is 5.02 Å². The van der Waals surface area contributed by atoms with Crippen molar-refractivity contribution in [1.82, 2.24) is 19.7 Å². The highest BCUT2D eigenvalue weighted by atomic mass is 35.5. The second-order valence-electron chi connectivity index (χ2n) is 8.74. The highest BCUT2D eigenvalue weighted by Gasteiger charge is 2.50. The molecule has 1 fully saturated rings. The number of primary amides is 1. The molecule has 3 heterocycles. The van der Waals surface area contributed by atoms with Crippen LogP contribution in [0, 0.1) is 17.6 Å². The molecule has 188 valence electrons. The minimum atomic E-state index is -5.01. The Bertz CT molecular complexity index is 1430. The van der Waals surface area contributed by atoms with Gasteiger partial charge in [-0.05, 0) is 37.8 Å². The number of hydrogen-bond acceptors (Lipinski definition) is 6. The normalized spacial score (nSPS) is 23.3. The molecule has 0 radical (unpaired) electrons. The topological polar surface area (TPSA) is 119 Å². The van der Waals surface area contributed by atoms with E-state index in [0.29, 0.717) is 0 Å². The number of benzene rings is 1. The molecule has 0 spiro atoms. The Balaban J connectivity index is 1.93. The molecule has 5 rings (SSSR count). The number of carbonyl (C=O) groups excluding carboxylic acids is 1. The van der Waals surface area contributed by atoms with Crippen molar-refractivity contribution in [3.63, 3.8) is 0 Å². The molecule has 1 aromatic carbocycles. The number of aliphatic hydroxyl groups excluding tert-OH is 1. The van der Waals surface area contributed by atoms with Gasteiger partial charge in [-0.15, -0.1) is 5.10 Å². The number of aliphatic hydroxyl groups is 1. The van der Waals surface area contributed by atoms with E-state index in [0.717, 1.165) is 29.1 Å². The van der Waals surface area contributed by atoms with Gasteiger partial charge in [-0.2, -0.15) is 13.2 Å². The summed E-state index contributed by atoms with van der Waals surface area (Å²) in [5.41, 5.74) is 0.345. The molecule has 8 nitrogen and oxygen atoms in total. The fraction of sp³-hybridized carbons (Fsp3) is 0.318. The lowest BCUT2D eigenvalue weighted by atomic mass is 9.69. The van der Waals surface area contributed by atoms with E-state index in [1.54, 1.807) is 0 Å². The zero-order chi connectivity index (χ0) is 26.2. The van der Waals surface area contributed by atoms with Crippen LogP contribution in [-0.4, -0.2) is 42.6 Å². The van der Waals surface area contributed by atoms with Gasteiger partial charge >= 0.3 is 6.18 Å². The first-order valence-electron chi connectivity index (χ1n) is 10.6. The second-order valence-corrected chi connectivity index (χ2v) is 9.12. The van der Waals surface area contributed by atoms with Crippen LogP contribution in [-0.2, 0) is 11.7 Å². The number of amides is 1.